The number of nitrogens with two attached hydrogens (primary N) is 2. The van der Waals surface area contributed by atoms with Gasteiger partial charge in [-0.25, -0.2) is 9.98 Å². The van der Waals surface area contributed by atoms with Gasteiger partial charge in [-0.15, -0.1) is 0 Å². The maximum atomic E-state index is 8.38. The standard InChI is InChI=1S/C7H14N10/c8-1-13-6(11)16-4-12-5-17-7(14-2-9)15-3-10/h12H,2,4-5,9H2,(H3,11,13,16)(H2,14,15,17). The first-order valence-electron chi connectivity index (χ1n) is 4.53. The second-order valence-electron chi connectivity index (χ2n) is 2.47. The Morgan fingerprint density at radius 1 is 1.12 bits per heavy atom. The first-order chi connectivity index (χ1) is 8.24. The Hall–Kier alpha value is -2.56. The van der Waals surface area contributed by atoms with Gasteiger partial charge in [-0.1, -0.05) is 0 Å². The van der Waals surface area contributed by atoms with Crippen molar-refractivity contribution >= 4 is 11.9 Å². The summed E-state index contributed by atoms with van der Waals surface area (Å²) in [7, 11) is 0. The highest BCUT2D eigenvalue weighted by Gasteiger charge is 1.93. The monoisotopic (exact) mass is 238 g/mol. The summed E-state index contributed by atoms with van der Waals surface area (Å²) in [5, 5.41) is 26.5. The summed E-state index contributed by atoms with van der Waals surface area (Å²) >= 11 is 0. The fourth-order valence-corrected chi connectivity index (χ4v) is 0.712. The van der Waals surface area contributed by atoms with Crippen LogP contribution in [-0.4, -0.2) is 31.9 Å². The second-order valence-corrected chi connectivity index (χ2v) is 2.47. The van der Waals surface area contributed by atoms with Crippen molar-refractivity contribution in [3.05, 3.63) is 0 Å². The average molecular weight is 238 g/mol. The van der Waals surface area contributed by atoms with E-state index < -0.39 is 0 Å². The fraction of sp³-hybridized carbons (Fsp3) is 0.429. The molecule has 0 saturated heterocycles. The summed E-state index contributed by atoms with van der Waals surface area (Å²) in [4.78, 5) is 7.68. The highest BCUT2D eigenvalue weighted by Crippen LogP contribution is 1.70. The molecule has 0 fully saturated rings. The Bertz CT molecular complexity index is 345. The van der Waals surface area contributed by atoms with E-state index in [9.17, 15) is 0 Å². The van der Waals surface area contributed by atoms with Crippen LogP contribution in [0.1, 0.15) is 0 Å². The number of guanidine groups is 2. The molecule has 0 heterocycles. The van der Waals surface area contributed by atoms with Crippen LogP contribution in [0.15, 0.2) is 9.98 Å². The molecule has 17 heavy (non-hydrogen) atoms. The molecule has 10 heteroatoms. The van der Waals surface area contributed by atoms with Gasteiger partial charge in [0.1, 0.15) is 0 Å². The summed E-state index contributed by atoms with van der Waals surface area (Å²) in [5.41, 5.74) is 10.5. The van der Waals surface area contributed by atoms with Crippen LogP contribution in [0.5, 0.6) is 0 Å². The van der Waals surface area contributed by atoms with Gasteiger partial charge < -0.3 is 16.8 Å². The Balaban J connectivity index is 3.88. The number of nitrogens with zero attached hydrogens (tertiary/aromatic N) is 4. The lowest BCUT2D eigenvalue weighted by molar-refractivity contribution is 0.715. The van der Waals surface area contributed by atoms with E-state index in [1.807, 2.05) is 0 Å². The third kappa shape index (κ3) is 8.44. The van der Waals surface area contributed by atoms with Gasteiger partial charge in [0.05, 0.1) is 20.0 Å². The van der Waals surface area contributed by atoms with Crippen LogP contribution in [0.4, 0.5) is 0 Å². The molecule has 0 aliphatic rings. The van der Waals surface area contributed by atoms with Crippen molar-refractivity contribution in [1.82, 2.24) is 21.3 Å². The third-order valence-electron chi connectivity index (χ3n) is 1.34. The molecule has 10 nitrogen and oxygen atoms in total. The number of rotatable bonds is 5. The van der Waals surface area contributed by atoms with Crippen molar-refractivity contribution < 1.29 is 0 Å². The number of nitriles is 2. The molecule has 0 aliphatic carbocycles. The minimum atomic E-state index is 0.0134. The molecule has 0 unspecified atom stereocenters. The highest BCUT2D eigenvalue weighted by atomic mass is 15.2. The molecule has 8 N–H and O–H groups in total. The second kappa shape index (κ2) is 9.97. The van der Waals surface area contributed by atoms with Crippen LogP contribution in [-0.2, 0) is 0 Å². The van der Waals surface area contributed by atoms with Gasteiger partial charge in [-0.3, -0.25) is 16.0 Å². The van der Waals surface area contributed by atoms with E-state index in [2.05, 4.69) is 31.3 Å². The summed E-state index contributed by atoms with van der Waals surface area (Å²) < 4.78 is 0. The minimum Gasteiger partial charge on any atom is -0.369 e. The predicted octanol–water partition coefficient (Wildman–Crippen LogP) is -3.19. The maximum absolute atomic E-state index is 8.38. The molecule has 92 valence electrons. The van der Waals surface area contributed by atoms with E-state index >= 15 is 0 Å². The van der Waals surface area contributed by atoms with E-state index in [0.29, 0.717) is 0 Å². The van der Waals surface area contributed by atoms with Crippen LogP contribution in [0.25, 0.3) is 0 Å². The Morgan fingerprint density at radius 2 is 1.76 bits per heavy atom. The van der Waals surface area contributed by atoms with Gasteiger partial charge >= 0.3 is 0 Å². The van der Waals surface area contributed by atoms with E-state index in [-0.39, 0.29) is 31.9 Å². The Morgan fingerprint density at radius 3 is 2.35 bits per heavy atom. The lowest BCUT2D eigenvalue weighted by atomic mass is 10.8. The van der Waals surface area contributed by atoms with Crippen molar-refractivity contribution in [2.75, 3.05) is 20.0 Å². The quantitative estimate of drug-likeness (QED) is 0.0725. The van der Waals surface area contributed by atoms with Crippen LogP contribution in [0.3, 0.4) is 0 Å². The van der Waals surface area contributed by atoms with Crippen molar-refractivity contribution in [2.45, 2.75) is 0 Å². The molecule has 0 aromatic carbocycles. The van der Waals surface area contributed by atoms with Gasteiger partial charge in [0.2, 0.25) is 11.9 Å². The van der Waals surface area contributed by atoms with Gasteiger partial charge in [-0.2, -0.15) is 10.5 Å². The Kier molecular flexibility index (Phi) is 8.47. The van der Waals surface area contributed by atoms with Gasteiger partial charge in [0, 0.05) is 0 Å². The zero-order valence-electron chi connectivity index (χ0n) is 9.06. The summed E-state index contributed by atoms with van der Waals surface area (Å²) in [5.74, 6) is 0.272. The van der Waals surface area contributed by atoms with Gasteiger partial charge in [0.25, 0.3) is 0 Å². The molecule has 0 rings (SSSR count). The number of hydrogen-bond acceptors (Lipinski definition) is 6. The minimum absolute atomic E-state index is 0.0134. The van der Waals surface area contributed by atoms with E-state index in [1.54, 1.807) is 12.4 Å². The van der Waals surface area contributed by atoms with E-state index in [4.69, 9.17) is 22.0 Å². The van der Waals surface area contributed by atoms with Crippen LogP contribution >= 0.6 is 0 Å². The van der Waals surface area contributed by atoms with E-state index in [1.165, 1.54) is 0 Å². The third-order valence-corrected chi connectivity index (χ3v) is 1.34. The topological polar surface area (TPSA) is 172 Å². The molecule has 0 aromatic heterocycles. The molecule has 0 amide bonds. The number of nitrogens with one attached hydrogen (secondary N) is 4. The van der Waals surface area contributed by atoms with Crippen molar-refractivity contribution in [1.29, 1.82) is 10.5 Å². The van der Waals surface area contributed by atoms with Gasteiger partial charge in [0.15, 0.2) is 12.4 Å². The summed E-state index contributed by atoms with van der Waals surface area (Å²) in [6.45, 7) is 0.553. The van der Waals surface area contributed by atoms with Gasteiger partial charge in [-0.05, 0) is 0 Å². The zero-order valence-corrected chi connectivity index (χ0v) is 9.06. The molecule has 0 radical (unpaired) electrons. The first kappa shape index (κ1) is 14.4. The smallest absolute Gasteiger partial charge is 0.207 e. The lowest BCUT2D eigenvalue weighted by Gasteiger charge is -2.04. The fourth-order valence-electron chi connectivity index (χ4n) is 0.712. The van der Waals surface area contributed by atoms with E-state index in [0.717, 1.165) is 0 Å². The number of aliphatic imine (C=N–C) groups is 2. The average Bonchev–Trinajstić information content (AvgIpc) is 2.29. The zero-order chi connectivity index (χ0) is 12.9. The molecular formula is C7H14N10. The van der Waals surface area contributed by atoms with Crippen LogP contribution < -0.4 is 32.7 Å². The summed E-state index contributed by atoms with van der Waals surface area (Å²) in [6, 6.07) is 0. The summed E-state index contributed by atoms with van der Waals surface area (Å²) in [6.07, 6.45) is 3.34. The first-order valence-corrected chi connectivity index (χ1v) is 4.53. The van der Waals surface area contributed by atoms with Crippen molar-refractivity contribution in [2.24, 2.45) is 21.5 Å². The molecule has 0 saturated carbocycles. The SMILES string of the molecule is N#CNC(N)=NCNCN=C(NC#N)NCN. The predicted molar refractivity (Wildman–Crippen MR) is 61.6 cm³/mol. The molecule has 0 aromatic rings. The molecule has 0 bridgehead atoms. The van der Waals surface area contributed by atoms with Crippen molar-refractivity contribution in [3.63, 3.8) is 0 Å². The Labute approximate surface area is 98.4 Å². The van der Waals surface area contributed by atoms with Crippen molar-refractivity contribution in [3.8, 4) is 12.4 Å². The maximum Gasteiger partial charge on any atom is 0.207 e. The lowest BCUT2D eigenvalue weighted by Crippen LogP contribution is -2.39. The highest BCUT2D eigenvalue weighted by molar-refractivity contribution is 5.81. The van der Waals surface area contributed by atoms with Crippen LogP contribution in [0.2, 0.25) is 0 Å². The molecule has 0 spiro atoms. The molecular weight excluding hydrogens is 224 g/mol. The molecule has 0 atom stereocenters. The normalized spacial score (nSPS) is 11.2. The molecule has 0 aliphatic heterocycles. The number of hydrogen-bond donors (Lipinski definition) is 6. The van der Waals surface area contributed by atoms with Crippen LogP contribution in [0, 0.1) is 22.9 Å². The largest absolute Gasteiger partial charge is 0.369 e.